The minimum atomic E-state index is -4.06. The molecule has 0 atom stereocenters. The van der Waals surface area contributed by atoms with Gasteiger partial charge in [0.1, 0.15) is 16.5 Å². The van der Waals surface area contributed by atoms with E-state index >= 15 is 0 Å². The molecule has 0 unspecified atom stereocenters. The molecule has 170 valence electrons. The maximum absolute atomic E-state index is 12.6. The molecule has 2 aromatic carbocycles. The number of benzene rings is 2. The molecule has 0 saturated carbocycles. The number of hydrogen-bond acceptors (Lipinski definition) is 7. The van der Waals surface area contributed by atoms with Gasteiger partial charge < -0.3 is 19.0 Å². The number of nitriles is 1. The summed E-state index contributed by atoms with van der Waals surface area (Å²) < 4.78 is 40.8. The summed E-state index contributed by atoms with van der Waals surface area (Å²) in [5, 5.41) is 12.0. The second-order valence-electron chi connectivity index (χ2n) is 6.74. The average Bonchev–Trinajstić information content (AvgIpc) is 2.78. The zero-order chi connectivity index (χ0) is 23.6. The molecule has 0 spiro atoms. The summed E-state index contributed by atoms with van der Waals surface area (Å²) in [5.74, 6) is -0.377. The maximum atomic E-state index is 12.6. The highest BCUT2D eigenvalue weighted by Gasteiger charge is 2.19. The van der Waals surface area contributed by atoms with Crippen LogP contribution in [-0.2, 0) is 19.6 Å². The summed E-state index contributed by atoms with van der Waals surface area (Å²) in [6.07, 6.45) is 2.02. The molecule has 0 aliphatic heterocycles. The highest BCUT2D eigenvalue weighted by molar-refractivity contribution is 7.87. The second-order valence-corrected chi connectivity index (χ2v) is 8.28. The van der Waals surface area contributed by atoms with Gasteiger partial charge in [0.25, 0.3) is 5.91 Å². The number of hydrogen-bond donors (Lipinski definition) is 1. The van der Waals surface area contributed by atoms with E-state index in [-0.39, 0.29) is 22.0 Å². The zero-order valence-electron chi connectivity index (χ0n) is 18.3. The van der Waals surface area contributed by atoms with Crippen LogP contribution >= 0.6 is 0 Å². The van der Waals surface area contributed by atoms with E-state index in [2.05, 4.69) is 5.32 Å². The van der Waals surface area contributed by atoms with E-state index in [0.29, 0.717) is 31.7 Å². The van der Waals surface area contributed by atoms with Crippen LogP contribution in [0, 0.1) is 18.3 Å². The van der Waals surface area contributed by atoms with Gasteiger partial charge in [0, 0.05) is 19.8 Å². The summed E-state index contributed by atoms with van der Waals surface area (Å²) >= 11 is 0. The van der Waals surface area contributed by atoms with Crippen molar-refractivity contribution in [2.75, 3.05) is 26.9 Å². The molecule has 0 aliphatic rings. The summed E-state index contributed by atoms with van der Waals surface area (Å²) in [7, 11) is -2.69. The molecule has 0 aliphatic carbocycles. The van der Waals surface area contributed by atoms with Crippen molar-refractivity contribution in [1.29, 1.82) is 5.26 Å². The quantitative estimate of drug-likeness (QED) is 0.238. The monoisotopic (exact) mass is 458 g/mol. The molecule has 9 heteroatoms. The Balaban J connectivity index is 2.17. The van der Waals surface area contributed by atoms with Crippen LogP contribution in [-0.4, -0.2) is 41.2 Å². The van der Waals surface area contributed by atoms with Crippen LogP contribution in [0.2, 0.25) is 0 Å². The molecular weight excluding hydrogens is 432 g/mol. The Hall–Kier alpha value is -3.35. The van der Waals surface area contributed by atoms with Crippen molar-refractivity contribution in [2.24, 2.45) is 0 Å². The molecule has 0 heterocycles. The van der Waals surface area contributed by atoms with Crippen molar-refractivity contribution in [3.63, 3.8) is 0 Å². The van der Waals surface area contributed by atoms with Gasteiger partial charge in [-0.1, -0.05) is 23.8 Å². The fourth-order valence-corrected chi connectivity index (χ4v) is 3.58. The molecule has 1 amide bonds. The van der Waals surface area contributed by atoms with Crippen LogP contribution in [0.4, 0.5) is 0 Å². The lowest BCUT2D eigenvalue weighted by molar-refractivity contribution is -0.117. The van der Waals surface area contributed by atoms with Crippen molar-refractivity contribution in [1.82, 2.24) is 5.32 Å². The van der Waals surface area contributed by atoms with E-state index < -0.39 is 16.0 Å². The first kappa shape index (κ1) is 24.9. The molecule has 0 saturated heterocycles. The average molecular weight is 459 g/mol. The lowest BCUT2D eigenvalue weighted by Crippen LogP contribution is -2.26. The molecule has 2 rings (SSSR count). The van der Waals surface area contributed by atoms with E-state index in [1.807, 2.05) is 19.9 Å². The van der Waals surface area contributed by atoms with Crippen LogP contribution in [0.3, 0.4) is 0 Å². The lowest BCUT2D eigenvalue weighted by Gasteiger charge is -2.12. The third-order valence-electron chi connectivity index (χ3n) is 4.33. The van der Waals surface area contributed by atoms with Gasteiger partial charge in [0.05, 0.1) is 7.11 Å². The number of carbonyl (C=O) groups is 1. The second kappa shape index (κ2) is 11.9. The largest absolute Gasteiger partial charge is 0.493 e. The van der Waals surface area contributed by atoms with Gasteiger partial charge >= 0.3 is 10.1 Å². The van der Waals surface area contributed by atoms with Crippen LogP contribution < -0.4 is 14.2 Å². The topological polar surface area (TPSA) is 115 Å². The predicted molar refractivity (Wildman–Crippen MR) is 120 cm³/mol. The van der Waals surface area contributed by atoms with Gasteiger partial charge in [-0.2, -0.15) is 13.7 Å². The van der Waals surface area contributed by atoms with Gasteiger partial charge in [-0.05, 0) is 56.2 Å². The van der Waals surface area contributed by atoms with Crippen LogP contribution in [0.25, 0.3) is 6.08 Å². The van der Waals surface area contributed by atoms with Crippen molar-refractivity contribution >= 4 is 22.1 Å². The molecule has 0 fully saturated rings. The standard InChI is InChI=1S/C23H26N2O6S/c1-4-30-13-5-12-25-23(26)19(16-24)14-18-8-11-21(22(15-18)29-3)31-32(27,28)20-9-6-17(2)7-10-20/h6-11,14-15H,4-5,12-13H2,1-3H3,(H,25,26)/b19-14+. The summed E-state index contributed by atoms with van der Waals surface area (Å²) in [6.45, 7) is 5.24. The summed E-state index contributed by atoms with van der Waals surface area (Å²) in [4.78, 5) is 12.2. The highest BCUT2D eigenvalue weighted by atomic mass is 32.2. The number of amides is 1. The molecule has 8 nitrogen and oxygen atoms in total. The number of aryl methyl sites for hydroxylation is 1. The van der Waals surface area contributed by atoms with Crippen molar-refractivity contribution < 1.29 is 26.9 Å². The van der Waals surface area contributed by atoms with Crippen LogP contribution in [0.15, 0.2) is 52.9 Å². The first-order chi connectivity index (χ1) is 15.3. The van der Waals surface area contributed by atoms with E-state index in [1.165, 1.54) is 43.5 Å². The molecule has 0 radical (unpaired) electrons. The van der Waals surface area contributed by atoms with Crippen LogP contribution in [0.5, 0.6) is 11.5 Å². The number of methoxy groups -OCH3 is 1. The van der Waals surface area contributed by atoms with E-state index in [4.69, 9.17) is 13.7 Å². The number of nitrogens with zero attached hydrogens (tertiary/aromatic N) is 1. The summed E-state index contributed by atoms with van der Waals surface area (Å²) in [6, 6.07) is 12.6. The SMILES string of the molecule is CCOCCCNC(=O)/C(C#N)=C/c1ccc(OS(=O)(=O)c2ccc(C)cc2)c(OC)c1. The fourth-order valence-electron chi connectivity index (χ4n) is 2.65. The third-order valence-corrected chi connectivity index (χ3v) is 5.58. The number of ether oxygens (including phenoxy) is 2. The smallest absolute Gasteiger partial charge is 0.339 e. The van der Waals surface area contributed by atoms with E-state index in [9.17, 15) is 18.5 Å². The molecular formula is C23H26N2O6S. The number of nitrogens with one attached hydrogen (secondary N) is 1. The Bertz CT molecular complexity index is 1100. The Kier molecular flexibility index (Phi) is 9.25. The number of rotatable bonds is 11. The molecule has 0 bridgehead atoms. The molecule has 1 N–H and O–H groups in total. The molecule has 2 aromatic rings. The van der Waals surface area contributed by atoms with Crippen molar-refractivity contribution in [3.05, 3.63) is 59.2 Å². The van der Waals surface area contributed by atoms with Crippen molar-refractivity contribution in [2.45, 2.75) is 25.2 Å². The van der Waals surface area contributed by atoms with Gasteiger partial charge in [0.2, 0.25) is 0 Å². The fraction of sp³-hybridized carbons (Fsp3) is 0.304. The third kappa shape index (κ3) is 7.11. The van der Waals surface area contributed by atoms with Crippen molar-refractivity contribution in [3.8, 4) is 17.6 Å². The van der Waals surface area contributed by atoms with Gasteiger partial charge in [-0.15, -0.1) is 0 Å². The van der Waals surface area contributed by atoms with Gasteiger partial charge in [-0.3, -0.25) is 4.79 Å². The maximum Gasteiger partial charge on any atom is 0.339 e. The Labute approximate surface area is 188 Å². The summed E-state index contributed by atoms with van der Waals surface area (Å²) in [5.41, 5.74) is 1.30. The Morgan fingerprint density at radius 3 is 2.50 bits per heavy atom. The minimum Gasteiger partial charge on any atom is -0.493 e. The van der Waals surface area contributed by atoms with Crippen LogP contribution in [0.1, 0.15) is 24.5 Å². The first-order valence-corrected chi connectivity index (χ1v) is 11.4. The zero-order valence-corrected chi connectivity index (χ0v) is 19.1. The van der Waals surface area contributed by atoms with E-state index in [1.54, 1.807) is 12.1 Å². The highest BCUT2D eigenvalue weighted by Crippen LogP contribution is 2.31. The normalized spacial score (nSPS) is 11.5. The Morgan fingerprint density at radius 2 is 1.88 bits per heavy atom. The molecule has 0 aromatic heterocycles. The lowest BCUT2D eigenvalue weighted by atomic mass is 10.1. The molecule has 32 heavy (non-hydrogen) atoms. The Morgan fingerprint density at radius 1 is 1.16 bits per heavy atom. The van der Waals surface area contributed by atoms with Gasteiger partial charge in [-0.25, -0.2) is 0 Å². The van der Waals surface area contributed by atoms with Gasteiger partial charge in [0.15, 0.2) is 11.5 Å². The minimum absolute atomic E-state index is 0.0101. The predicted octanol–water partition coefficient (Wildman–Crippen LogP) is 3.22. The number of carbonyl (C=O) groups excluding carboxylic acids is 1. The first-order valence-electron chi connectivity index (χ1n) is 9.97. The van der Waals surface area contributed by atoms with E-state index in [0.717, 1.165) is 5.56 Å².